The van der Waals surface area contributed by atoms with Crippen LogP contribution < -0.4 is 9.64 Å². The van der Waals surface area contributed by atoms with Gasteiger partial charge in [0.1, 0.15) is 22.2 Å². The highest BCUT2D eigenvalue weighted by Gasteiger charge is 2.41. The number of rotatable bonds is 4. The smallest absolute Gasteiger partial charge is 0.283 e. The van der Waals surface area contributed by atoms with Crippen LogP contribution in [0.3, 0.4) is 0 Å². The van der Waals surface area contributed by atoms with Crippen LogP contribution in [-0.4, -0.2) is 54.8 Å². The number of amides is 2. The first-order valence-corrected chi connectivity index (χ1v) is 9.47. The van der Waals surface area contributed by atoms with E-state index in [4.69, 9.17) is 16.3 Å². The van der Waals surface area contributed by atoms with Gasteiger partial charge in [0.25, 0.3) is 11.8 Å². The molecule has 4 rings (SSSR count). The summed E-state index contributed by atoms with van der Waals surface area (Å²) in [7, 11) is 2.03. The number of carbonyl (C=O) groups is 2. The average molecular weight is 398 g/mol. The molecule has 0 bridgehead atoms. The van der Waals surface area contributed by atoms with Gasteiger partial charge < -0.3 is 14.5 Å². The van der Waals surface area contributed by atoms with Gasteiger partial charge in [-0.1, -0.05) is 29.8 Å². The molecule has 7 heteroatoms. The van der Waals surface area contributed by atoms with Crippen molar-refractivity contribution >= 4 is 29.1 Å². The highest BCUT2D eigenvalue weighted by molar-refractivity contribution is 6.52. The largest absolute Gasteiger partial charge is 0.457 e. The van der Waals surface area contributed by atoms with E-state index in [0.29, 0.717) is 36.0 Å². The molecule has 2 heterocycles. The maximum Gasteiger partial charge on any atom is 0.283 e. The molecule has 0 aromatic heterocycles. The lowest BCUT2D eigenvalue weighted by molar-refractivity contribution is -0.121. The van der Waals surface area contributed by atoms with E-state index < -0.39 is 5.91 Å². The van der Waals surface area contributed by atoms with Crippen molar-refractivity contribution in [2.24, 2.45) is 0 Å². The Bertz CT molecular complexity index is 920. The fourth-order valence-corrected chi connectivity index (χ4v) is 3.60. The number of para-hydroxylation sites is 1. The van der Waals surface area contributed by atoms with Crippen molar-refractivity contribution in [1.29, 1.82) is 0 Å². The summed E-state index contributed by atoms with van der Waals surface area (Å²) in [6.07, 6.45) is 0. The topological polar surface area (TPSA) is 53.1 Å². The lowest BCUT2D eigenvalue weighted by Crippen LogP contribution is -2.46. The van der Waals surface area contributed by atoms with E-state index in [1.165, 1.54) is 0 Å². The van der Waals surface area contributed by atoms with Crippen molar-refractivity contribution in [3.63, 3.8) is 0 Å². The molecule has 0 radical (unpaired) electrons. The fraction of sp³-hybridized carbons (Fsp3) is 0.238. The van der Waals surface area contributed by atoms with E-state index in [2.05, 4.69) is 4.90 Å². The predicted octanol–water partition coefficient (Wildman–Crippen LogP) is 3.05. The van der Waals surface area contributed by atoms with E-state index in [9.17, 15) is 9.59 Å². The van der Waals surface area contributed by atoms with Crippen LogP contribution in [0.1, 0.15) is 0 Å². The number of carbonyl (C=O) groups excluding carboxylic acids is 2. The summed E-state index contributed by atoms with van der Waals surface area (Å²) in [4.78, 5) is 30.8. The van der Waals surface area contributed by atoms with Gasteiger partial charge in [-0.2, -0.15) is 0 Å². The standard InChI is InChI=1S/C21H20ClN3O3/c1-23-11-13-24(14-12-23)19-18(22)20(26)25(21(19)27)15-7-9-17(10-8-15)28-16-5-3-2-4-6-16/h2-10H,11-14H2,1H3. The first-order valence-electron chi connectivity index (χ1n) is 9.09. The molecule has 1 saturated heterocycles. The Hall–Kier alpha value is -2.83. The quantitative estimate of drug-likeness (QED) is 0.742. The number of likely N-dealkylation sites (N-methyl/N-ethyl adjacent to an activating group) is 1. The molecule has 0 saturated carbocycles. The molecule has 0 unspecified atom stereocenters. The van der Waals surface area contributed by atoms with E-state index >= 15 is 0 Å². The van der Waals surface area contributed by atoms with Gasteiger partial charge >= 0.3 is 0 Å². The minimum absolute atomic E-state index is 0.0147. The fourth-order valence-electron chi connectivity index (χ4n) is 3.32. The molecule has 2 aliphatic rings. The lowest BCUT2D eigenvalue weighted by atomic mass is 10.2. The molecular formula is C21H20ClN3O3. The van der Waals surface area contributed by atoms with E-state index in [0.717, 1.165) is 18.0 Å². The number of ether oxygens (including phenoxy) is 1. The van der Waals surface area contributed by atoms with Crippen LogP contribution in [0.25, 0.3) is 0 Å². The molecule has 2 amide bonds. The Labute approximate surface area is 168 Å². The number of hydrogen-bond acceptors (Lipinski definition) is 5. The van der Waals surface area contributed by atoms with Crippen molar-refractivity contribution < 1.29 is 14.3 Å². The SMILES string of the molecule is CN1CCN(C2=C(Cl)C(=O)N(c3ccc(Oc4ccccc4)cc3)C2=O)CC1. The zero-order valence-electron chi connectivity index (χ0n) is 15.5. The van der Waals surface area contributed by atoms with E-state index in [1.807, 2.05) is 42.3 Å². The van der Waals surface area contributed by atoms with Gasteiger partial charge in [-0.25, -0.2) is 4.90 Å². The first-order chi connectivity index (χ1) is 13.5. The number of hydrogen-bond donors (Lipinski definition) is 0. The van der Waals surface area contributed by atoms with Crippen LogP contribution >= 0.6 is 11.6 Å². The second-order valence-corrected chi connectivity index (χ2v) is 7.19. The lowest BCUT2D eigenvalue weighted by Gasteiger charge is -2.34. The number of halogens is 1. The summed E-state index contributed by atoms with van der Waals surface area (Å²) in [6.45, 7) is 2.97. The summed E-state index contributed by atoms with van der Waals surface area (Å²) in [5, 5.41) is -0.0147. The van der Waals surface area contributed by atoms with Crippen LogP contribution in [0.2, 0.25) is 0 Å². The minimum atomic E-state index is -0.489. The van der Waals surface area contributed by atoms with Crippen LogP contribution in [-0.2, 0) is 9.59 Å². The Kier molecular flexibility index (Phi) is 5.07. The Morgan fingerprint density at radius 3 is 2.07 bits per heavy atom. The predicted molar refractivity (Wildman–Crippen MR) is 107 cm³/mol. The summed E-state index contributed by atoms with van der Waals surface area (Å²) in [5.41, 5.74) is 0.766. The highest BCUT2D eigenvalue weighted by atomic mass is 35.5. The first kappa shape index (κ1) is 18.5. The summed E-state index contributed by atoms with van der Waals surface area (Å²) in [5.74, 6) is 0.464. The maximum absolute atomic E-state index is 13.0. The van der Waals surface area contributed by atoms with Gasteiger partial charge in [0.2, 0.25) is 0 Å². The minimum Gasteiger partial charge on any atom is -0.457 e. The maximum atomic E-state index is 13.0. The molecule has 0 aliphatic carbocycles. The molecule has 2 aromatic carbocycles. The molecule has 144 valence electrons. The number of imide groups is 1. The number of benzene rings is 2. The second kappa shape index (κ2) is 7.66. The molecule has 2 aliphatic heterocycles. The van der Waals surface area contributed by atoms with Gasteiger partial charge in [-0.05, 0) is 43.4 Å². The number of nitrogens with zero attached hydrogens (tertiary/aromatic N) is 3. The highest BCUT2D eigenvalue weighted by Crippen LogP contribution is 2.33. The molecule has 0 N–H and O–H groups in total. The molecule has 1 fully saturated rings. The van der Waals surface area contributed by atoms with Gasteiger partial charge in [-0.15, -0.1) is 0 Å². The van der Waals surface area contributed by atoms with Crippen LogP contribution in [0.15, 0.2) is 65.3 Å². The number of anilines is 1. The van der Waals surface area contributed by atoms with Crippen molar-refractivity contribution in [2.75, 3.05) is 38.1 Å². The monoisotopic (exact) mass is 397 g/mol. The Balaban J connectivity index is 1.52. The van der Waals surface area contributed by atoms with Gasteiger partial charge in [0.15, 0.2) is 0 Å². The molecule has 0 atom stereocenters. The van der Waals surface area contributed by atoms with Crippen LogP contribution in [0, 0.1) is 0 Å². The third-order valence-electron chi connectivity index (χ3n) is 4.90. The van der Waals surface area contributed by atoms with Crippen LogP contribution in [0.4, 0.5) is 5.69 Å². The average Bonchev–Trinajstić information content (AvgIpc) is 2.93. The van der Waals surface area contributed by atoms with E-state index in [-0.39, 0.29) is 10.9 Å². The molecule has 6 nitrogen and oxygen atoms in total. The Morgan fingerprint density at radius 2 is 1.43 bits per heavy atom. The Morgan fingerprint density at radius 1 is 0.821 bits per heavy atom. The van der Waals surface area contributed by atoms with Crippen molar-refractivity contribution in [3.8, 4) is 11.5 Å². The third kappa shape index (κ3) is 3.48. The second-order valence-electron chi connectivity index (χ2n) is 6.81. The summed E-state index contributed by atoms with van der Waals surface area (Å²) in [6, 6.07) is 16.2. The molecule has 0 spiro atoms. The van der Waals surface area contributed by atoms with Gasteiger partial charge in [0.05, 0.1) is 5.69 Å². The van der Waals surface area contributed by atoms with Gasteiger partial charge in [-0.3, -0.25) is 9.59 Å². The van der Waals surface area contributed by atoms with Crippen molar-refractivity contribution in [3.05, 3.63) is 65.3 Å². The number of piperazine rings is 1. The third-order valence-corrected chi connectivity index (χ3v) is 5.24. The molecule has 2 aromatic rings. The van der Waals surface area contributed by atoms with Crippen molar-refractivity contribution in [2.45, 2.75) is 0 Å². The molecule has 28 heavy (non-hydrogen) atoms. The normalized spacial score (nSPS) is 18.2. The summed E-state index contributed by atoms with van der Waals surface area (Å²) < 4.78 is 5.76. The van der Waals surface area contributed by atoms with Gasteiger partial charge in [0, 0.05) is 26.2 Å². The van der Waals surface area contributed by atoms with Crippen LogP contribution in [0.5, 0.6) is 11.5 Å². The van der Waals surface area contributed by atoms with E-state index in [1.54, 1.807) is 24.3 Å². The molecular weight excluding hydrogens is 378 g/mol. The van der Waals surface area contributed by atoms with Crippen molar-refractivity contribution in [1.82, 2.24) is 9.80 Å². The zero-order chi connectivity index (χ0) is 19.7. The zero-order valence-corrected chi connectivity index (χ0v) is 16.2. The summed E-state index contributed by atoms with van der Waals surface area (Å²) >= 11 is 6.26.